The highest BCUT2D eigenvalue weighted by molar-refractivity contribution is 6.09. The molecular formula is C21H20N6O4. The Balaban J connectivity index is 1.58. The zero-order valence-electron chi connectivity index (χ0n) is 16.9. The van der Waals surface area contributed by atoms with Gasteiger partial charge in [-0.1, -0.05) is 17.3 Å². The lowest BCUT2D eigenvalue weighted by Gasteiger charge is -2.10. The van der Waals surface area contributed by atoms with Gasteiger partial charge in [-0.3, -0.25) is 9.59 Å². The van der Waals surface area contributed by atoms with Crippen molar-refractivity contribution in [1.82, 2.24) is 20.8 Å². The number of nitrogens with one attached hydrogen (secondary N) is 4. The summed E-state index contributed by atoms with van der Waals surface area (Å²) in [6, 6.07) is 11.6. The molecule has 0 bridgehead atoms. The van der Waals surface area contributed by atoms with Gasteiger partial charge in [-0.15, -0.1) is 0 Å². The Morgan fingerprint density at radius 1 is 1.13 bits per heavy atom. The number of urea groups is 1. The number of rotatable bonds is 4. The van der Waals surface area contributed by atoms with Crippen LogP contribution in [0.1, 0.15) is 24.2 Å². The maximum Gasteiger partial charge on any atom is 0.319 e. The molecule has 4 amide bonds. The van der Waals surface area contributed by atoms with Crippen molar-refractivity contribution in [2.24, 2.45) is 0 Å². The van der Waals surface area contributed by atoms with Gasteiger partial charge in [-0.25, -0.2) is 4.79 Å². The van der Waals surface area contributed by atoms with Crippen LogP contribution in [0.2, 0.25) is 0 Å². The molecule has 31 heavy (non-hydrogen) atoms. The second-order valence-corrected chi connectivity index (χ2v) is 7.25. The zero-order chi connectivity index (χ0) is 22.0. The number of benzene rings is 2. The minimum absolute atomic E-state index is 0.0136. The molecule has 0 radical (unpaired) electrons. The van der Waals surface area contributed by atoms with Gasteiger partial charge in [0.1, 0.15) is 0 Å². The van der Waals surface area contributed by atoms with Crippen LogP contribution in [0.25, 0.3) is 22.8 Å². The molecule has 0 unspecified atom stereocenters. The number of amides is 4. The summed E-state index contributed by atoms with van der Waals surface area (Å²) in [7, 11) is 0. The molecule has 0 saturated carbocycles. The summed E-state index contributed by atoms with van der Waals surface area (Å²) in [5.74, 6) is -0.0921. The largest absolute Gasteiger partial charge is 0.343 e. The van der Waals surface area contributed by atoms with Crippen molar-refractivity contribution in [1.29, 1.82) is 0 Å². The first kappa shape index (κ1) is 20.1. The van der Waals surface area contributed by atoms with Crippen molar-refractivity contribution in [3.8, 4) is 22.8 Å². The molecular weight excluding hydrogens is 400 g/mol. The molecule has 2 heterocycles. The molecule has 1 aliphatic rings. The topological polar surface area (TPSA) is 138 Å². The molecule has 1 aliphatic heterocycles. The quantitative estimate of drug-likeness (QED) is 0.512. The highest BCUT2D eigenvalue weighted by Crippen LogP contribution is 2.28. The number of fused-ring (bicyclic) bond motifs is 1. The number of carbonyl (C=O) groups excluding carboxylic acids is 3. The Labute approximate surface area is 177 Å². The van der Waals surface area contributed by atoms with Gasteiger partial charge in [0.25, 0.3) is 11.8 Å². The minimum atomic E-state index is -0.336. The number of anilines is 2. The third kappa shape index (κ3) is 4.53. The van der Waals surface area contributed by atoms with Crippen LogP contribution in [0.15, 0.2) is 47.0 Å². The van der Waals surface area contributed by atoms with Gasteiger partial charge in [0.15, 0.2) is 0 Å². The summed E-state index contributed by atoms with van der Waals surface area (Å²) >= 11 is 0. The fraction of sp³-hybridized carbons (Fsp3) is 0.190. The van der Waals surface area contributed by atoms with Gasteiger partial charge in [0.2, 0.25) is 11.7 Å². The van der Waals surface area contributed by atoms with Crippen LogP contribution in [0.4, 0.5) is 16.2 Å². The lowest BCUT2D eigenvalue weighted by Crippen LogP contribution is -2.34. The van der Waals surface area contributed by atoms with E-state index in [4.69, 9.17) is 4.52 Å². The normalized spacial score (nSPS) is 13.1. The van der Waals surface area contributed by atoms with Crippen molar-refractivity contribution in [3.05, 3.63) is 48.0 Å². The molecule has 0 fully saturated rings. The second-order valence-electron chi connectivity index (χ2n) is 7.25. The van der Waals surface area contributed by atoms with Crippen LogP contribution in [0.5, 0.6) is 0 Å². The smallest absolute Gasteiger partial charge is 0.319 e. The van der Waals surface area contributed by atoms with E-state index in [2.05, 4.69) is 31.4 Å². The van der Waals surface area contributed by atoms with Gasteiger partial charge < -0.3 is 25.8 Å². The van der Waals surface area contributed by atoms with E-state index in [1.54, 1.807) is 42.5 Å². The molecule has 0 aliphatic carbocycles. The van der Waals surface area contributed by atoms with E-state index in [1.807, 2.05) is 13.8 Å². The monoisotopic (exact) mass is 420 g/mol. The Kier molecular flexibility index (Phi) is 5.35. The average Bonchev–Trinajstić information content (AvgIpc) is 3.16. The molecule has 0 atom stereocenters. The van der Waals surface area contributed by atoms with Crippen LogP contribution in [0.3, 0.4) is 0 Å². The first-order valence-electron chi connectivity index (χ1n) is 9.63. The van der Waals surface area contributed by atoms with Gasteiger partial charge in [-0.2, -0.15) is 4.98 Å². The van der Waals surface area contributed by atoms with Crippen LogP contribution in [-0.4, -0.2) is 40.6 Å². The first-order chi connectivity index (χ1) is 14.9. The van der Waals surface area contributed by atoms with Crippen LogP contribution in [0, 0.1) is 0 Å². The highest BCUT2D eigenvalue weighted by atomic mass is 16.5. The Morgan fingerprint density at radius 3 is 2.77 bits per heavy atom. The van der Waals surface area contributed by atoms with E-state index < -0.39 is 0 Å². The van der Waals surface area contributed by atoms with Gasteiger partial charge in [-0.05, 0) is 44.2 Å². The van der Waals surface area contributed by atoms with Crippen molar-refractivity contribution < 1.29 is 18.9 Å². The first-order valence-corrected chi connectivity index (χ1v) is 9.63. The van der Waals surface area contributed by atoms with Gasteiger partial charge in [0, 0.05) is 22.9 Å². The molecule has 1 aromatic heterocycles. The Morgan fingerprint density at radius 2 is 1.97 bits per heavy atom. The molecule has 4 rings (SSSR count). The van der Waals surface area contributed by atoms with Crippen LogP contribution >= 0.6 is 0 Å². The van der Waals surface area contributed by atoms with E-state index in [0.717, 1.165) is 0 Å². The molecule has 158 valence electrons. The third-order valence-corrected chi connectivity index (χ3v) is 4.42. The summed E-state index contributed by atoms with van der Waals surface area (Å²) in [5, 5.41) is 14.7. The van der Waals surface area contributed by atoms with Crippen LogP contribution < -0.4 is 21.3 Å². The summed E-state index contributed by atoms with van der Waals surface area (Å²) in [6.07, 6.45) is 0. The van der Waals surface area contributed by atoms with E-state index in [9.17, 15) is 14.4 Å². The van der Waals surface area contributed by atoms with Crippen molar-refractivity contribution in [3.63, 3.8) is 0 Å². The number of hydrogen-bond acceptors (Lipinski definition) is 6. The third-order valence-electron chi connectivity index (χ3n) is 4.42. The summed E-state index contributed by atoms with van der Waals surface area (Å²) in [6.45, 7) is 3.65. The molecule has 2 aromatic carbocycles. The summed E-state index contributed by atoms with van der Waals surface area (Å²) in [4.78, 5) is 40.2. The number of nitrogens with zero attached hydrogens (tertiary/aromatic N) is 2. The van der Waals surface area contributed by atoms with Crippen molar-refractivity contribution in [2.75, 3.05) is 17.2 Å². The van der Waals surface area contributed by atoms with Crippen LogP contribution in [-0.2, 0) is 4.79 Å². The standard InChI is InChI=1S/C21H20N6O4/c1-11(2)23-21(30)24-14-5-3-4-12(8-14)18-26-20(31-27-18)13-6-7-15-16(9-13)25-17(28)10-22-19(15)29/h3-9,11H,10H2,1-2H3,(H,22,29)(H,25,28)(H2,23,24,30). The summed E-state index contributed by atoms with van der Waals surface area (Å²) in [5.41, 5.74) is 2.52. The number of hydrogen-bond donors (Lipinski definition) is 4. The average molecular weight is 420 g/mol. The Bertz CT molecular complexity index is 1170. The summed E-state index contributed by atoms with van der Waals surface area (Å²) < 4.78 is 5.38. The maximum atomic E-state index is 12.1. The lowest BCUT2D eigenvalue weighted by atomic mass is 10.1. The van der Waals surface area contributed by atoms with E-state index in [0.29, 0.717) is 33.9 Å². The fourth-order valence-electron chi connectivity index (χ4n) is 3.05. The molecule has 0 spiro atoms. The minimum Gasteiger partial charge on any atom is -0.343 e. The predicted octanol–water partition coefficient (Wildman–Crippen LogP) is 2.62. The number of aromatic nitrogens is 2. The number of carbonyl (C=O) groups is 3. The molecule has 0 saturated heterocycles. The van der Waals surface area contributed by atoms with E-state index in [1.165, 1.54) is 0 Å². The van der Waals surface area contributed by atoms with Crippen molar-refractivity contribution >= 4 is 29.2 Å². The lowest BCUT2D eigenvalue weighted by molar-refractivity contribution is -0.115. The molecule has 4 N–H and O–H groups in total. The van der Waals surface area contributed by atoms with E-state index >= 15 is 0 Å². The van der Waals surface area contributed by atoms with E-state index in [-0.39, 0.29) is 36.3 Å². The zero-order valence-corrected chi connectivity index (χ0v) is 16.9. The Hall–Kier alpha value is -4.21. The second kappa shape index (κ2) is 8.27. The van der Waals surface area contributed by atoms with Crippen molar-refractivity contribution in [2.45, 2.75) is 19.9 Å². The predicted molar refractivity (Wildman–Crippen MR) is 113 cm³/mol. The highest BCUT2D eigenvalue weighted by Gasteiger charge is 2.21. The fourth-order valence-corrected chi connectivity index (χ4v) is 3.05. The molecule has 10 nitrogen and oxygen atoms in total. The maximum absolute atomic E-state index is 12.1. The van der Waals surface area contributed by atoms with Gasteiger partial charge >= 0.3 is 6.03 Å². The molecule has 10 heteroatoms. The molecule has 3 aromatic rings. The van der Waals surface area contributed by atoms with Gasteiger partial charge in [0.05, 0.1) is 17.8 Å². The SMILES string of the molecule is CC(C)NC(=O)Nc1cccc(-c2noc(-c3ccc4c(c3)NC(=O)CNC4=O)n2)c1.